The molecule has 1 aliphatic carbocycles. The molecule has 0 radical (unpaired) electrons. The van der Waals surface area contributed by atoms with E-state index in [-0.39, 0.29) is 17.3 Å². The minimum Gasteiger partial charge on any atom is -0.378 e. The highest BCUT2D eigenvalue weighted by atomic mass is 19.1. The summed E-state index contributed by atoms with van der Waals surface area (Å²) in [7, 11) is 0. The first-order chi connectivity index (χ1) is 9.47. The first-order valence-electron chi connectivity index (χ1n) is 7.02. The van der Waals surface area contributed by atoms with Gasteiger partial charge in [0.25, 0.3) is 0 Å². The van der Waals surface area contributed by atoms with E-state index < -0.39 is 0 Å². The molecule has 0 spiro atoms. The minimum atomic E-state index is -0.360. The fraction of sp³-hybridized carbons (Fsp3) is 0.562. The first kappa shape index (κ1) is 15.0. The lowest BCUT2D eigenvalue weighted by molar-refractivity contribution is -0.114. The predicted octanol–water partition coefficient (Wildman–Crippen LogP) is 2.99. The number of rotatable bonds is 5. The zero-order chi connectivity index (χ0) is 14.8. The van der Waals surface area contributed by atoms with Crippen molar-refractivity contribution in [3.05, 3.63) is 35.1 Å². The maximum Gasteiger partial charge on any atom is 0.124 e. The molecule has 108 valence electrons. The molecule has 0 bridgehead atoms. The smallest absolute Gasteiger partial charge is 0.124 e. The minimum absolute atomic E-state index is 0.0847. The molecule has 0 heterocycles. The van der Waals surface area contributed by atoms with Gasteiger partial charge in [-0.05, 0) is 37.1 Å². The summed E-state index contributed by atoms with van der Waals surface area (Å²) >= 11 is 0. The van der Waals surface area contributed by atoms with Crippen LogP contribution in [0.2, 0.25) is 0 Å². The molecule has 4 heteroatoms. The molecule has 2 rings (SSSR count). The Balaban J connectivity index is 1.94. The van der Waals surface area contributed by atoms with Crippen LogP contribution >= 0.6 is 0 Å². The highest BCUT2D eigenvalue weighted by Crippen LogP contribution is 2.42. The second-order valence-electron chi connectivity index (χ2n) is 5.89. The SMILES string of the molecule is CCOC1CC(NCc2cc(F)cc(C#N)c2)C1(C)C. The quantitative estimate of drug-likeness (QED) is 0.899. The number of nitrogens with one attached hydrogen (secondary N) is 1. The third kappa shape index (κ3) is 3.00. The van der Waals surface area contributed by atoms with E-state index in [1.54, 1.807) is 6.07 Å². The van der Waals surface area contributed by atoms with E-state index in [1.807, 2.05) is 13.0 Å². The molecule has 3 nitrogen and oxygen atoms in total. The van der Waals surface area contributed by atoms with E-state index in [0.29, 0.717) is 18.2 Å². The monoisotopic (exact) mass is 276 g/mol. The largest absolute Gasteiger partial charge is 0.378 e. The van der Waals surface area contributed by atoms with Crippen LogP contribution in [-0.2, 0) is 11.3 Å². The van der Waals surface area contributed by atoms with Crippen LogP contribution in [0.3, 0.4) is 0 Å². The van der Waals surface area contributed by atoms with Crippen molar-refractivity contribution >= 4 is 0 Å². The van der Waals surface area contributed by atoms with Crippen LogP contribution in [0.1, 0.15) is 38.3 Å². The van der Waals surface area contributed by atoms with Crippen molar-refractivity contribution in [1.82, 2.24) is 5.32 Å². The normalized spacial score (nSPS) is 23.9. The second-order valence-corrected chi connectivity index (χ2v) is 5.89. The molecule has 2 atom stereocenters. The van der Waals surface area contributed by atoms with Crippen molar-refractivity contribution in [2.24, 2.45) is 5.41 Å². The Labute approximate surface area is 119 Å². The summed E-state index contributed by atoms with van der Waals surface area (Å²) in [6.07, 6.45) is 1.26. The van der Waals surface area contributed by atoms with Crippen LogP contribution in [0, 0.1) is 22.6 Å². The van der Waals surface area contributed by atoms with Crippen LogP contribution in [0.5, 0.6) is 0 Å². The zero-order valence-electron chi connectivity index (χ0n) is 12.2. The number of nitriles is 1. The van der Waals surface area contributed by atoms with Gasteiger partial charge in [-0.1, -0.05) is 13.8 Å². The summed E-state index contributed by atoms with van der Waals surface area (Å²) in [5.74, 6) is -0.360. The Kier molecular flexibility index (Phi) is 4.42. The standard InChI is InChI=1S/C16H21FN2O/c1-4-20-15-8-14(16(15,2)3)19-10-12-5-11(9-18)6-13(17)7-12/h5-7,14-15,19H,4,8,10H2,1-3H3. The van der Waals surface area contributed by atoms with E-state index in [1.165, 1.54) is 12.1 Å². The van der Waals surface area contributed by atoms with Crippen LogP contribution in [-0.4, -0.2) is 18.8 Å². The van der Waals surface area contributed by atoms with Gasteiger partial charge < -0.3 is 10.1 Å². The lowest BCUT2D eigenvalue weighted by atomic mass is 9.64. The van der Waals surface area contributed by atoms with Gasteiger partial charge in [-0.15, -0.1) is 0 Å². The highest BCUT2D eigenvalue weighted by Gasteiger charge is 2.48. The van der Waals surface area contributed by atoms with Crippen LogP contribution in [0.25, 0.3) is 0 Å². The van der Waals surface area contributed by atoms with Crippen molar-refractivity contribution in [2.75, 3.05) is 6.61 Å². The number of halogens is 1. The molecule has 0 aliphatic heterocycles. The topological polar surface area (TPSA) is 45.0 Å². The molecule has 1 N–H and O–H groups in total. The third-order valence-electron chi connectivity index (χ3n) is 4.18. The molecule has 0 aromatic heterocycles. The number of hydrogen-bond donors (Lipinski definition) is 1. The van der Waals surface area contributed by atoms with E-state index in [9.17, 15) is 4.39 Å². The summed E-state index contributed by atoms with van der Waals surface area (Å²) in [6.45, 7) is 7.67. The summed E-state index contributed by atoms with van der Waals surface area (Å²) in [5, 5.41) is 12.3. The van der Waals surface area contributed by atoms with Crippen molar-refractivity contribution in [3.8, 4) is 6.07 Å². The van der Waals surface area contributed by atoms with E-state index in [2.05, 4.69) is 19.2 Å². The molecule has 0 amide bonds. The summed E-state index contributed by atoms with van der Waals surface area (Å²) in [5.41, 5.74) is 1.25. The molecular weight excluding hydrogens is 255 g/mol. The van der Waals surface area contributed by atoms with Gasteiger partial charge in [0.2, 0.25) is 0 Å². The average molecular weight is 276 g/mol. The van der Waals surface area contributed by atoms with Crippen molar-refractivity contribution in [1.29, 1.82) is 5.26 Å². The fourth-order valence-corrected chi connectivity index (χ4v) is 2.77. The summed E-state index contributed by atoms with van der Waals surface area (Å²) < 4.78 is 19.0. The Morgan fingerprint density at radius 3 is 2.80 bits per heavy atom. The maximum absolute atomic E-state index is 13.4. The van der Waals surface area contributed by atoms with Gasteiger partial charge in [0.15, 0.2) is 0 Å². The van der Waals surface area contributed by atoms with Gasteiger partial charge in [-0.2, -0.15) is 5.26 Å². The van der Waals surface area contributed by atoms with E-state index in [0.717, 1.165) is 18.6 Å². The molecule has 1 aromatic rings. The first-order valence-corrected chi connectivity index (χ1v) is 7.02. The molecular formula is C16H21FN2O. The number of benzene rings is 1. The Morgan fingerprint density at radius 1 is 1.45 bits per heavy atom. The van der Waals surface area contributed by atoms with Gasteiger partial charge in [0.05, 0.1) is 17.7 Å². The molecule has 1 aliphatic rings. The van der Waals surface area contributed by atoms with Crippen molar-refractivity contribution in [2.45, 2.75) is 45.9 Å². The van der Waals surface area contributed by atoms with Gasteiger partial charge >= 0.3 is 0 Å². The van der Waals surface area contributed by atoms with Crippen molar-refractivity contribution in [3.63, 3.8) is 0 Å². The Morgan fingerprint density at radius 2 is 2.20 bits per heavy atom. The average Bonchev–Trinajstić information content (AvgIpc) is 2.41. The maximum atomic E-state index is 13.4. The van der Waals surface area contributed by atoms with Gasteiger partial charge in [-0.3, -0.25) is 0 Å². The molecule has 1 aromatic carbocycles. The molecule has 20 heavy (non-hydrogen) atoms. The second kappa shape index (κ2) is 5.90. The van der Waals surface area contributed by atoms with Gasteiger partial charge in [-0.25, -0.2) is 4.39 Å². The highest BCUT2D eigenvalue weighted by molar-refractivity contribution is 5.33. The molecule has 2 unspecified atom stereocenters. The summed E-state index contributed by atoms with van der Waals surface area (Å²) in [4.78, 5) is 0. The van der Waals surface area contributed by atoms with Crippen molar-refractivity contribution < 1.29 is 9.13 Å². The van der Waals surface area contributed by atoms with Crippen LogP contribution < -0.4 is 5.32 Å². The zero-order valence-corrected chi connectivity index (χ0v) is 12.2. The Hall–Kier alpha value is -1.44. The predicted molar refractivity (Wildman–Crippen MR) is 75.6 cm³/mol. The van der Waals surface area contributed by atoms with Gasteiger partial charge in [0.1, 0.15) is 5.82 Å². The van der Waals surface area contributed by atoms with Crippen LogP contribution in [0.15, 0.2) is 18.2 Å². The third-order valence-corrected chi connectivity index (χ3v) is 4.18. The molecule has 1 fully saturated rings. The molecule has 0 saturated heterocycles. The lowest BCUT2D eigenvalue weighted by Gasteiger charge is -2.52. The van der Waals surface area contributed by atoms with E-state index >= 15 is 0 Å². The number of ether oxygens (including phenoxy) is 1. The van der Waals surface area contributed by atoms with E-state index in [4.69, 9.17) is 10.00 Å². The Bertz CT molecular complexity index is 522. The number of hydrogen-bond acceptors (Lipinski definition) is 3. The lowest BCUT2D eigenvalue weighted by Crippen LogP contribution is -2.60. The summed E-state index contributed by atoms with van der Waals surface area (Å²) in [6, 6.07) is 6.78. The number of nitrogens with zero attached hydrogens (tertiary/aromatic N) is 1. The van der Waals surface area contributed by atoms with Crippen LogP contribution in [0.4, 0.5) is 4.39 Å². The van der Waals surface area contributed by atoms with Gasteiger partial charge in [0, 0.05) is 24.6 Å². The fourth-order valence-electron chi connectivity index (χ4n) is 2.77. The molecule has 1 saturated carbocycles.